The SMILES string of the molecule is Cc1ccc(C2(N=C=O)CCCC2)c2c1OCO2. The molecule has 0 N–H and O–H groups in total. The van der Waals surface area contributed by atoms with Crippen molar-refractivity contribution >= 4 is 6.08 Å². The predicted molar refractivity (Wildman–Crippen MR) is 65.6 cm³/mol. The van der Waals surface area contributed by atoms with Gasteiger partial charge >= 0.3 is 0 Å². The first-order chi connectivity index (χ1) is 8.77. The molecule has 1 aliphatic heterocycles. The molecule has 94 valence electrons. The third-order valence-electron chi connectivity index (χ3n) is 3.91. The van der Waals surface area contributed by atoms with Gasteiger partial charge in [0, 0.05) is 5.56 Å². The molecule has 2 aliphatic rings. The minimum atomic E-state index is -0.451. The van der Waals surface area contributed by atoms with Crippen LogP contribution in [0.2, 0.25) is 0 Å². The van der Waals surface area contributed by atoms with Gasteiger partial charge in [-0.2, -0.15) is 4.99 Å². The lowest BCUT2D eigenvalue weighted by Gasteiger charge is -2.24. The Balaban J connectivity index is 2.17. The Morgan fingerprint density at radius 3 is 2.67 bits per heavy atom. The molecule has 0 amide bonds. The summed E-state index contributed by atoms with van der Waals surface area (Å²) in [5.41, 5.74) is 1.57. The highest BCUT2D eigenvalue weighted by Crippen LogP contribution is 2.50. The van der Waals surface area contributed by atoms with Gasteiger partial charge in [-0.3, -0.25) is 0 Å². The molecule has 0 atom stereocenters. The first-order valence-corrected chi connectivity index (χ1v) is 6.25. The van der Waals surface area contributed by atoms with Crippen LogP contribution in [0.15, 0.2) is 17.1 Å². The fourth-order valence-corrected chi connectivity index (χ4v) is 2.99. The molecular formula is C14H15NO3. The van der Waals surface area contributed by atoms with Crippen molar-refractivity contribution in [1.29, 1.82) is 0 Å². The summed E-state index contributed by atoms with van der Waals surface area (Å²) >= 11 is 0. The van der Waals surface area contributed by atoms with Crippen molar-refractivity contribution in [3.05, 3.63) is 23.3 Å². The maximum atomic E-state index is 10.7. The largest absolute Gasteiger partial charge is 0.453 e. The Hall–Kier alpha value is -1.80. The smallest absolute Gasteiger partial charge is 0.235 e. The van der Waals surface area contributed by atoms with Crippen molar-refractivity contribution in [2.24, 2.45) is 4.99 Å². The van der Waals surface area contributed by atoms with Crippen LogP contribution in [0.4, 0.5) is 0 Å². The topological polar surface area (TPSA) is 47.9 Å². The predicted octanol–water partition coefficient (Wildman–Crippen LogP) is 2.83. The van der Waals surface area contributed by atoms with Crippen LogP contribution in [-0.2, 0) is 10.3 Å². The fraction of sp³-hybridized carbons (Fsp3) is 0.500. The van der Waals surface area contributed by atoms with E-state index in [0.29, 0.717) is 0 Å². The summed E-state index contributed by atoms with van der Waals surface area (Å²) in [6, 6.07) is 4.01. The van der Waals surface area contributed by atoms with E-state index >= 15 is 0 Å². The van der Waals surface area contributed by atoms with Crippen LogP contribution >= 0.6 is 0 Å². The quantitative estimate of drug-likeness (QED) is 0.594. The van der Waals surface area contributed by atoms with Crippen LogP contribution in [0.5, 0.6) is 11.5 Å². The Morgan fingerprint density at radius 2 is 1.94 bits per heavy atom. The number of hydrogen-bond donors (Lipinski definition) is 0. The number of aliphatic imine (C=N–C) groups is 1. The lowest BCUT2D eigenvalue weighted by Crippen LogP contribution is -2.19. The second kappa shape index (κ2) is 4.14. The monoisotopic (exact) mass is 245 g/mol. The Bertz CT molecular complexity index is 526. The van der Waals surface area contributed by atoms with Gasteiger partial charge in [-0.1, -0.05) is 25.0 Å². The molecule has 0 aromatic heterocycles. The van der Waals surface area contributed by atoms with E-state index in [1.807, 2.05) is 19.1 Å². The number of rotatable bonds is 2. The molecule has 4 nitrogen and oxygen atoms in total. The van der Waals surface area contributed by atoms with Crippen LogP contribution in [0.1, 0.15) is 36.8 Å². The van der Waals surface area contributed by atoms with E-state index in [2.05, 4.69) is 4.99 Å². The molecule has 0 unspecified atom stereocenters. The second-order valence-electron chi connectivity index (χ2n) is 4.94. The van der Waals surface area contributed by atoms with E-state index in [4.69, 9.17) is 9.47 Å². The van der Waals surface area contributed by atoms with Crippen molar-refractivity contribution in [3.8, 4) is 11.5 Å². The van der Waals surface area contributed by atoms with Crippen LogP contribution in [0.3, 0.4) is 0 Å². The molecule has 0 radical (unpaired) electrons. The third-order valence-corrected chi connectivity index (χ3v) is 3.91. The van der Waals surface area contributed by atoms with Crippen LogP contribution in [0.25, 0.3) is 0 Å². The number of aryl methyl sites for hydroxylation is 1. The molecule has 1 aromatic carbocycles. The molecular weight excluding hydrogens is 230 g/mol. The highest BCUT2D eigenvalue weighted by Gasteiger charge is 2.40. The van der Waals surface area contributed by atoms with E-state index in [0.717, 1.165) is 48.3 Å². The van der Waals surface area contributed by atoms with Gasteiger partial charge in [0.05, 0.1) is 0 Å². The van der Waals surface area contributed by atoms with Gasteiger partial charge in [0.25, 0.3) is 0 Å². The molecule has 3 rings (SSSR count). The summed E-state index contributed by atoms with van der Waals surface area (Å²) < 4.78 is 11.1. The average Bonchev–Trinajstić information content (AvgIpc) is 2.99. The molecule has 0 saturated heterocycles. The van der Waals surface area contributed by atoms with E-state index in [1.54, 1.807) is 6.08 Å². The molecule has 18 heavy (non-hydrogen) atoms. The highest BCUT2D eigenvalue weighted by molar-refractivity contribution is 5.56. The van der Waals surface area contributed by atoms with Gasteiger partial charge in [0.1, 0.15) is 5.54 Å². The zero-order valence-corrected chi connectivity index (χ0v) is 10.4. The van der Waals surface area contributed by atoms with Gasteiger partial charge < -0.3 is 9.47 Å². The summed E-state index contributed by atoms with van der Waals surface area (Å²) in [4.78, 5) is 14.8. The normalized spacial score (nSPS) is 19.6. The summed E-state index contributed by atoms with van der Waals surface area (Å²) in [6.07, 6.45) is 5.64. The summed E-state index contributed by atoms with van der Waals surface area (Å²) in [5, 5.41) is 0. The minimum absolute atomic E-state index is 0.244. The van der Waals surface area contributed by atoms with Gasteiger partial charge in [0.15, 0.2) is 11.5 Å². The summed E-state index contributed by atoms with van der Waals surface area (Å²) in [5.74, 6) is 1.55. The van der Waals surface area contributed by atoms with Crippen LogP contribution in [0, 0.1) is 6.92 Å². The number of hydrogen-bond acceptors (Lipinski definition) is 4. The molecule has 1 heterocycles. The van der Waals surface area contributed by atoms with E-state index in [-0.39, 0.29) is 6.79 Å². The standard InChI is InChI=1S/C14H15NO3/c1-10-4-5-11(13-12(10)17-9-18-13)14(15-8-16)6-2-3-7-14/h4-5H,2-3,6-7,9H2,1H3. The number of ether oxygens (including phenoxy) is 2. The number of nitrogens with zero attached hydrogens (tertiary/aromatic N) is 1. The van der Waals surface area contributed by atoms with Crippen molar-refractivity contribution in [3.63, 3.8) is 0 Å². The lowest BCUT2D eigenvalue weighted by atomic mass is 9.87. The van der Waals surface area contributed by atoms with Gasteiger partial charge in [0.2, 0.25) is 12.9 Å². The lowest BCUT2D eigenvalue weighted by molar-refractivity contribution is 0.171. The van der Waals surface area contributed by atoms with Crippen molar-refractivity contribution < 1.29 is 14.3 Å². The van der Waals surface area contributed by atoms with E-state index in [1.165, 1.54) is 0 Å². The minimum Gasteiger partial charge on any atom is -0.453 e. The van der Waals surface area contributed by atoms with Crippen molar-refractivity contribution in [2.45, 2.75) is 38.1 Å². The summed E-state index contributed by atoms with van der Waals surface area (Å²) in [6.45, 7) is 2.23. The Kier molecular flexibility index (Phi) is 2.60. The molecule has 0 bridgehead atoms. The highest BCUT2D eigenvalue weighted by atomic mass is 16.7. The van der Waals surface area contributed by atoms with Gasteiger partial charge in [-0.25, -0.2) is 4.79 Å². The fourth-order valence-electron chi connectivity index (χ4n) is 2.99. The maximum absolute atomic E-state index is 10.7. The molecule has 1 aliphatic carbocycles. The van der Waals surface area contributed by atoms with E-state index < -0.39 is 5.54 Å². The summed E-state index contributed by atoms with van der Waals surface area (Å²) in [7, 11) is 0. The van der Waals surface area contributed by atoms with Crippen LogP contribution in [-0.4, -0.2) is 12.9 Å². The number of benzene rings is 1. The second-order valence-corrected chi connectivity index (χ2v) is 4.94. The molecule has 1 fully saturated rings. The Morgan fingerprint density at radius 1 is 1.22 bits per heavy atom. The third kappa shape index (κ3) is 1.53. The molecule has 4 heteroatoms. The van der Waals surface area contributed by atoms with Crippen molar-refractivity contribution in [1.82, 2.24) is 0 Å². The van der Waals surface area contributed by atoms with Gasteiger partial charge in [-0.05, 0) is 25.3 Å². The zero-order chi connectivity index (χ0) is 12.6. The zero-order valence-electron chi connectivity index (χ0n) is 10.4. The number of isocyanates is 1. The van der Waals surface area contributed by atoms with Gasteiger partial charge in [-0.15, -0.1) is 0 Å². The Labute approximate surface area is 106 Å². The maximum Gasteiger partial charge on any atom is 0.235 e. The first-order valence-electron chi connectivity index (χ1n) is 6.25. The first kappa shape index (κ1) is 11.3. The number of fused-ring (bicyclic) bond motifs is 1. The van der Waals surface area contributed by atoms with Crippen molar-refractivity contribution in [2.75, 3.05) is 6.79 Å². The van der Waals surface area contributed by atoms with Crippen LogP contribution < -0.4 is 9.47 Å². The van der Waals surface area contributed by atoms with E-state index in [9.17, 15) is 4.79 Å². The molecule has 1 aromatic rings. The average molecular weight is 245 g/mol. The molecule has 1 saturated carbocycles. The number of carbonyl (C=O) groups excluding carboxylic acids is 1. The molecule has 0 spiro atoms.